The van der Waals surface area contributed by atoms with Crippen molar-refractivity contribution in [3.05, 3.63) is 64.7 Å². The number of carbonyl (C=O) groups is 3. The minimum absolute atomic E-state index is 0.0502. The van der Waals surface area contributed by atoms with Gasteiger partial charge in [-0.3, -0.25) is 14.9 Å². The molecule has 2 heterocycles. The Balaban J connectivity index is 1.78. The van der Waals surface area contributed by atoms with Gasteiger partial charge in [-0.2, -0.15) is 0 Å². The molecule has 0 aromatic heterocycles. The number of rotatable bonds is 2. The van der Waals surface area contributed by atoms with Gasteiger partial charge in [0.1, 0.15) is 5.57 Å². The minimum Gasteiger partial charge on any atom is -0.369 e. The Morgan fingerprint density at radius 1 is 1.10 bits per heavy atom. The minimum atomic E-state index is -0.738. The molecular weight excluding hydrogens is 390 g/mol. The summed E-state index contributed by atoms with van der Waals surface area (Å²) in [6.07, 6.45) is 2.60. The van der Waals surface area contributed by atoms with E-state index in [0.29, 0.717) is 11.6 Å². The average molecular weight is 418 g/mol. The van der Waals surface area contributed by atoms with E-state index in [1.54, 1.807) is 36.4 Å². The van der Waals surface area contributed by atoms with Crippen molar-refractivity contribution in [2.45, 2.75) is 45.6 Å². The Morgan fingerprint density at radius 3 is 2.45 bits per heavy atom. The first-order chi connectivity index (χ1) is 14.6. The van der Waals surface area contributed by atoms with Gasteiger partial charge in [0, 0.05) is 18.3 Å². The van der Waals surface area contributed by atoms with Gasteiger partial charge < -0.3 is 4.90 Å². The van der Waals surface area contributed by atoms with Crippen molar-refractivity contribution in [1.29, 1.82) is 0 Å². The maximum Gasteiger partial charge on any atom is 0.335 e. The highest BCUT2D eigenvalue weighted by atomic mass is 16.2. The first-order valence-electron chi connectivity index (χ1n) is 10.4. The Morgan fingerprint density at radius 2 is 1.77 bits per heavy atom. The molecule has 6 nitrogen and oxygen atoms in total. The number of urea groups is 1. The highest BCUT2D eigenvalue weighted by molar-refractivity contribution is 6.39. The first-order valence-corrected chi connectivity index (χ1v) is 10.4. The third-order valence-electron chi connectivity index (χ3n) is 6.44. The van der Waals surface area contributed by atoms with Crippen LogP contribution in [-0.4, -0.2) is 30.4 Å². The van der Waals surface area contributed by atoms with E-state index in [1.165, 1.54) is 11.3 Å². The van der Waals surface area contributed by atoms with Gasteiger partial charge in [0.05, 0.1) is 5.69 Å². The zero-order chi connectivity index (χ0) is 22.5. The highest BCUT2D eigenvalue weighted by Crippen LogP contribution is 2.43. The zero-order valence-electron chi connectivity index (χ0n) is 18.5. The Labute approximate surface area is 182 Å². The van der Waals surface area contributed by atoms with Crippen LogP contribution in [0.15, 0.2) is 48.0 Å². The maximum atomic E-state index is 13.1. The van der Waals surface area contributed by atoms with Gasteiger partial charge >= 0.3 is 6.03 Å². The number of hydrogen-bond acceptors (Lipinski definition) is 4. The molecule has 0 spiro atoms. The molecule has 0 radical (unpaired) electrons. The highest BCUT2D eigenvalue weighted by Gasteiger charge is 2.37. The average Bonchev–Trinajstić information content (AvgIpc) is 2.70. The molecule has 2 aromatic carbocycles. The lowest BCUT2D eigenvalue weighted by atomic mass is 9.79. The van der Waals surface area contributed by atoms with E-state index >= 15 is 0 Å². The number of para-hydroxylation sites is 1. The number of anilines is 2. The summed E-state index contributed by atoms with van der Waals surface area (Å²) in [5.74, 6) is -0.953. The molecule has 0 bridgehead atoms. The number of amides is 4. The molecule has 1 fully saturated rings. The van der Waals surface area contributed by atoms with Gasteiger partial charge in [-0.25, -0.2) is 9.69 Å². The number of benzene rings is 2. The van der Waals surface area contributed by atoms with E-state index in [4.69, 9.17) is 0 Å². The normalized spacial score (nSPS) is 21.9. The second-order valence-corrected chi connectivity index (χ2v) is 9.04. The zero-order valence-corrected chi connectivity index (χ0v) is 18.5. The molecule has 2 aromatic rings. The summed E-state index contributed by atoms with van der Waals surface area (Å²) in [6.45, 7) is 8.64. The topological polar surface area (TPSA) is 69.7 Å². The summed E-state index contributed by atoms with van der Waals surface area (Å²) < 4.78 is 0. The van der Waals surface area contributed by atoms with Crippen LogP contribution in [0, 0.1) is 6.92 Å². The Hall–Kier alpha value is -3.41. The summed E-state index contributed by atoms with van der Waals surface area (Å²) in [7, 11) is 2.10. The van der Waals surface area contributed by atoms with E-state index < -0.39 is 17.8 Å². The molecule has 2 aliphatic rings. The van der Waals surface area contributed by atoms with Gasteiger partial charge in [-0.05, 0) is 80.1 Å². The fourth-order valence-corrected chi connectivity index (χ4v) is 4.51. The molecule has 1 saturated heterocycles. The predicted molar refractivity (Wildman–Crippen MR) is 122 cm³/mol. The Kier molecular flexibility index (Phi) is 4.96. The molecule has 4 rings (SSSR count). The van der Waals surface area contributed by atoms with Crippen LogP contribution in [0.1, 0.15) is 49.8 Å². The molecule has 0 aliphatic carbocycles. The number of hydrogen-bond donors (Lipinski definition) is 1. The number of fused-ring (bicyclic) bond motifs is 1. The quantitative estimate of drug-likeness (QED) is 0.581. The predicted octanol–water partition coefficient (Wildman–Crippen LogP) is 4.38. The number of nitrogens with zero attached hydrogens (tertiary/aromatic N) is 2. The van der Waals surface area contributed by atoms with Crippen LogP contribution < -0.4 is 15.1 Å². The Bertz CT molecular complexity index is 1120. The van der Waals surface area contributed by atoms with E-state index in [2.05, 4.69) is 50.2 Å². The van der Waals surface area contributed by atoms with Crippen molar-refractivity contribution < 1.29 is 14.4 Å². The van der Waals surface area contributed by atoms with E-state index in [0.717, 1.165) is 22.4 Å². The molecule has 31 heavy (non-hydrogen) atoms. The molecule has 1 unspecified atom stereocenters. The molecule has 2 aliphatic heterocycles. The molecule has 0 saturated carbocycles. The van der Waals surface area contributed by atoms with Crippen LogP contribution in [0.25, 0.3) is 6.08 Å². The van der Waals surface area contributed by atoms with Crippen LogP contribution in [0.2, 0.25) is 0 Å². The fraction of sp³-hybridized carbons (Fsp3) is 0.320. The summed E-state index contributed by atoms with van der Waals surface area (Å²) in [5, 5.41) is 2.29. The smallest absolute Gasteiger partial charge is 0.335 e. The lowest BCUT2D eigenvalue weighted by Crippen LogP contribution is -2.54. The van der Waals surface area contributed by atoms with Crippen LogP contribution in [0.3, 0.4) is 0 Å². The van der Waals surface area contributed by atoms with E-state index in [9.17, 15) is 14.4 Å². The van der Waals surface area contributed by atoms with Crippen molar-refractivity contribution >= 4 is 35.3 Å². The number of aryl methyl sites for hydroxylation is 1. The summed E-state index contributed by atoms with van der Waals surface area (Å²) in [5.41, 5.74) is 4.55. The monoisotopic (exact) mass is 417 g/mol. The number of barbiturate groups is 1. The third kappa shape index (κ3) is 3.52. The molecule has 160 valence electrons. The summed E-state index contributed by atoms with van der Waals surface area (Å²) >= 11 is 0. The number of imide groups is 2. The van der Waals surface area contributed by atoms with Crippen molar-refractivity contribution in [2.75, 3.05) is 16.8 Å². The van der Waals surface area contributed by atoms with Gasteiger partial charge in [0.2, 0.25) is 0 Å². The lowest BCUT2D eigenvalue weighted by Gasteiger charge is -2.45. The standard InChI is InChI=1S/C25H27N3O3/c1-15-11-21-19(16(2)14-25(3,4)27(21)5)12-17(15)13-20-22(29)26-24(31)28(23(20)30)18-9-7-6-8-10-18/h6-13,16H,14H2,1-5H3,(H,26,29,31)/b20-13+. The van der Waals surface area contributed by atoms with Crippen molar-refractivity contribution in [3.8, 4) is 0 Å². The summed E-state index contributed by atoms with van der Waals surface area (Å²) in [4.78, 5) is 41.3. The fourth-order valence-electron chi connectivity index (χ4n) is 4.51. The van der Waals surface area contributed by atoms with Crippen molar-refractivity contribution in [2.24, 2.45) is 0 Å². The number of carbonyl (C=O) groups excluding carboxylic acids is 3. The van der Waals surface area contributed by atoms with Crippen LogP contribution >= 0.6 is 0 Å². The second-order valence-electron chi connectivity index (χ2n) is 9.04. The van der Waals surface area contributed by atoms with Gasteiger partial charge in [-0.15, -0.1) is 0 Å². The van der Waals surface area contributed by atoms with Crippen LogP contribution in [-0.2, 0) is 9.59 Å². The third-order valence-corrected chi connectivity index (χ3v) is 6.44. The van der Waals surface area contributed by atoms with Gasteiger partial charge in [0.15, 0.2) is 0 Å². The first kappa shape index (κ1) is 20.8. The largest absolute Gasteiger partial charge is 0.369 e. The van der Waals surface area contributed by atoms with Gasteiger partial charge in [-0.1, -0.05) is 25.1 Å². The SMILES string of the molecule is Cc1cc2c(cc1/C=C1\C(=O)NC(=O)N(c3ccccc3)C1=O)C(C)CC(C)(C)N2C. The van der Waals surface area contributed by atoms with Gasteiger partial charge in [0.25, 0.3) is 11.8 Å². The lowest BCUT2D eigenvalue weighted by molar-refractivity contribution is -0.122. The molecule has 1 atom stereocenters. The second kappa shape index (κ2) is 7.38. The van der Waals surface area contributed by atoms with Crippen molar-refractivity contribution in [3.63, 3.8) is 0 Å². The van der Waals surface area contributed by atoms with Crippen LogP contribution in [0.5, 0.6) is 0 Å². The van der Waals surface area contributed by atoms with E-state index in [-0.39, 0.29) is 11.1 Å². The molecule has 4 amide bonds. The summed E-state index contributed by atoms with van der Waals surface area (Å²) in [6, 6.07) is 12.0. The maximum absolute atomic E-state index is 13.1. The van der Waals surface area contributed by atoms with E-state index in [1.807, 2.05) is 6.92 Å². The molecule has 6 heteroatoms. The molecular formula is C25H27N3O3. The van der Waals surface area contributed by atoms with Crippen LogP contribution in [0.4, 0.5) is 16.2 Å². The molecule has 1 N–H and O–H groups in total. The number of nitrogens with one attached hydrogen (secondary N) is 1. The van der Waals surface area contributed by atoms with Crippen molar-refractivity contribution in [1.82, 2.24) is 5.32 Å².